The van der Waals surface area contributed by atoms with Crippen molar-refractivity contribution in [3.63, 3.8) is 0 Å². The average molecular weight is 335 g/mol. The maximum atomic E-state index is 11.8. The lowest BCUT2D eigenvalue weighted by molar-refractivity contribution is 0.101. The molecule has 0 fully saturated rings. The first kappa shape index (κ1) is 15.0. The number of carbonyl (C=O) groups excluding carboxylic acids is 1. The third-order valence-corrected chi connectivity index (χ3v) is 4.75. The second-order valence-corrected chi connectivity index (χ2v) is 6.37. The highest BCUT2D eigenvalue weighted by Gasteiger charge is 2.20. The van der Waals surface area contributed by atoms with E-state index < -0.39 is 0 Å². The number of rotatable bonds is 5. The third kappa shape index (κ3) is 3.21. The zero-order valence-electron chi connectivity index (χ0n) is 12.1. The maximum Gasteiger partial charge on any atom is 0.163 e. The molecule has 0 unspecified atom stereocenters. The van der Waals surface area contributed by atoms with Gasteiger partial charge in [-0.1, -0.05) is 60.1 Å². The molecule has 0 atom stereocenters. The molecule has 0 amide bonds. The van der Waals surface area contributed by atoms with Crippen molar-refractivity contribution in [3.8, 4) is 5.75 Å². The second kappa shape index (κ2) is 5.96. The number of hydrogen-bond donors (Lipinski definition) is 0. The number of ketones is 1. The quantitative estimate of drug-likeness (QED) is 0.577. The van der Waals surface area contributed by atoms with Gasteiger partial charge in [-0.3, -0.25) is 4.79 Å². The molecule has 0 saturated heterocycles. The topological polar surface area (TPSA) is 26.3 Å². The SMILES string of the molecule is CC(=O)c1ccc2ccccc2c1OCC(C)(C)CBr. The molecule has 0 aliphatic carbocycles. The van der Waals surface area contributed by atoms with Crippen molar-refractivity contribution in [2.24, 2.45) is 5.41 Å². The van der Waals surface area contributed by atoms with Crippen molar-refractivity contribution in [2.75, 3.05) is 11.9 Å². The van der Waals surface area contributed by atoms with Crippen molar-refractivity contribution in [1.29, 1.82) is 0 Å². The van der Waals surface area contributed by atoms with Crippen LogP contribution in [0.5, 0.6) is 5.75 Å². The molecule has 0 aliphatic heterocycles. The lowest BCUT2D eigenvalue weighted by Gasteiger charge is -2.23. The van der Waals surface area contributed by atoms with Gasteiger partial charge in [0, 0.05) is 16.1 Å². The van der Waals surface area contributed by atoms with E-state index in [2.05, 4.69) is 29.8 Å². The second-order valence-electron chi connectivity index (χ2n) is 5.81. The van der Waals surface area contributed by atoms with Crippen molar-refractivity contribution >= 4 is 32.5 Å². The van der Waals surface area contributed by atoms with E-state index in [1.807, 2.05) is 36.4 Å². The number of carbonyl (C=O) groups is 1. The van der Waals surface area contributed by atoms with E-state index in [0.29, 0.717) is 17.9 Å². The smallest absolute Gasteiger partial charge is 0.163 e. The molecule has 2 aromatic carbocycles. The van der Waals surface area contributed by atoms with Gasteiger partial charge in [0.15, 0.2) is 5.78 Å². The molecular weight excluding hydrogens is 316 g/mol. The van der Waals surface area contributed by atoms with E-state index in [1.165, 1.54) is 0 Å². The fourth-order valence-electron chi connectivity index (χ4n) is 1.98. The minimum atomic E-state index is 0.0189. The van der Waals surface area contributed by atoms with Crippen molar-refractivity contribution < 1.29 is 9.53 Å². The molecule has 0 N–H and O–H groups in total. The summed E-state index contributed by atoms with van der Waals surface area (Å²) in [6.45, 7) is 6.39. The van der Waals surface area contributed by atoms with Crippen LogP contribution in [-0.4, -0.2) is 17.7 Å². The molecule has 106 valence electrons. The molecule has 0 saturated carbocycles. The Hall–Kier alpha value is -1.35. The minimum Gasteiger partial charge on any atom is -0.492 e. The molecule has 20 heavy (non-hydrogen) atoms. The molecule has 0 aromatic heterocycles. The van der Waals surface area contributed by atoms with Crippen LogP contribution in [0.25, 0.3) is 10.8 Å². The molecule has 0 radical (unpaired) electrons. The van der Waals surface area contributed by atoms with Crippen LogP contribution in [0.4, 0.5) is 0 Å². The largest absolute Gasteiger partial charge is 0.492 e. The van der Waals surface area contributed by atoms with Crippen LogP contribution >= 0.6 is 15.9 Å². The van der Waals surface area contributed by atoms with Crippen LogP contribution < -0.4 is 4.74 Å². The van der Waals surface area contributed by atoms with Gasteiger partial charge in [0.25, 0.3) is 0 Å². The van der Waals surface area contributed by atoms with Crippen LogP contribution in [-0.2, 0) is 0 Å². The molecule has 0 bridgehead atoms. The molecule has 0 heterocycles. The number of fused-ring (bicyclic) bond motifs is 1. The molecule has 2 nitrogen and oxygen atoms in total. The lowest BCUT2D eigenvalue weighted by Crippen LogP contribution is -2.23. The highest BCUT2D eigenvalue weighted by Crippen LogP contribution is 2.32. The van der Waals surface area contributed by atoms with E-state index in [4.69, 9.17) is 4.74 Å². The Bertz CT molecular complexity index is 632. The standard InChI is InChI=1S/C17H19BrO2/c1-12(19)14-9-8-13-6-4-5-7-15(13)16(14)20-11-17(2,3)10-18/h4-9H,10-11H2,1-3H3. The maximum absolute atomic E-state index is 11.8. The van der Waals surface area contributed by atoms with Gasteiger partial charge in [-0.25, -0.2) is 0 Å². The van der Waals surface area contributed by atoms with Gasteiger partial charge in [0.2, 0.25) is 0 Å². The van der Waals surface area contributed by atoms with Gasteiger partial charge in [-0.2, -0.15) is 0 Å². The number of ether oxygens (including phenoxy) is 1. The summed E-state index contributed by atoms with van der Waals surface area (Å²) in [6.07, 6.45) is 0. The lowest BCUT2D eigenvalue weighted by atomic mass is 9.98. The summed E-state index contributed by atoms with van der Waals surface area (Å²) in [5, 5.41) is 2.93. The van der Waals surface area contributed by atoms with E-state index in [1.54, 1.807) is 6.92 Å². The van der Waals surface area contributed by atoms with Crippen molar-refractivity contribution in [3.05, 3.63) is 42.0 Å². The molecule has 0 spiro atoms. The Balaban J connectivity index is 2.47. The fraction of sp³-hybridized carbons (Fsp3) is 0.353. The van der Waals surface area contributed by atoms with Gasteiger partial charge < -0.3 is 4.74 Å². The van der Waals surface area contributed by atoms with Crippen LogP contribution in [0, 0.1) is 5.41 Å². The number of Topliss-reactive ketones (excluding diaryl/α,β-unsaturated/α-hetero) is 1. The van der Waals surface area contributed by atoms with Gasteiger partial charge in [-0.05, 0) is 18.4 Å². The Labute approximate surface area is 128 Å². The number of alkyl halides is 1. The van der Waals surface area contributed by atoms with Crippen molar-refractivity contribution in [1.82, 2.24) is 0 Å². The summed E-state index contributed by atoms with van der Waals surface area (Å²) in [4.78, 5) is 11.8. The highest BCUT2D eigenvalue weighted by atomic mass is 79.9. The van der Waals surface area contributed by atoms with Crippen LogP contribution in [0.1, 0.15) is 31.1 Å². The van der Waals surface area contributed by atoms with E-state index in [9.17, 15) is 4.79 Å². The first-order valence-electron chi connectivity index (χ1n) is 6.66. The summed E-state index contributed by atoms with van der Waals surface area (Å²) < 4.78 is 6.02. The molecule has 2 rings (SSSR count). The predicted octanol–water partition coefficient (Wildman–Crippen LogP) is 4.84. The van der Waals surface area contributed by atoms with Crippen LogP contribution in [0.3, 0.4) is 0 Å². The van der Waals surface area contributed by atoms with E-state index >= 15 is 0 Å². The number of halogens is 1. The zero-order valence-corrected chi connectivity index (χ0v) is 13.7. The Kier molecular flexibility index (Phi) is 4.48. The van der Waals surface area contributed by atoms with Gasteiger partial charge in [-0.15, -0.1) is 0 Å². The first-order chi connectivity index (χ1) is 9.44. The summed E-state index contributed by atoms with van der Waals surface area (Å²) in [5.74, 6) is 0.729. The van der Waals surface area contributed by atoms with Crippen molar-refractivity contribution in [2.45, 2.75) is 20.8 Å². The summed E-state index contributed by atoms with van der Waals surface area (Å²) in [6, 6.07) is 11.8. The highest BCUT2D eigenvalue weighted by molar-refractivity contribution is 9.09. The normalized spacial score (nSPS) is 11.6. The molecule has 3 heteroatoms. The Morgan fingerprint density at radius 3 is 2.55 bits per heavy atom. The van der Waals surface area contributed by atoms with Gasteiger partial charge in [0.1, 0.15) is 5.75 Å². The predicted molar refractivity (Wildman–Crippen MR) is 87.0 cm³/mol. The van der Waals surface area contributed by atoms with Crippen LogP contribution in [0.15, 0.2) is 36.4 Å². The minimum absolute atomic E-state index is 0.0189. The molecular formula is C17H19BrO2. The number of benzene rings is 2. The average Bonchev–Trinajstić information content (AvgIpc) is 2.44. The molecule has 2 aromatic rings. The van der Waals surface area contributed by atoms with Gasteiger partial charge >= 0.3 is 0 Å². The van der Waals surface area contributed by atoms with E-state index in [0.717, 1.165) is 16.1 Å². The first-order valence-corrected chi connectivity index (χ1v) is 7.78. The Morgan fingerprint density at radius 2 is 1.90 bits per heavy atom. The van der Waals surface area contributed by atoms with E-state index in [-0.39, 0.29) is 11.2 Å². The fourth-order valence-corrected chi connectivity index (χ4v) is 2.14. The third-order valence-electron chi connectivity index (χ3n) is 3.23. The Morgan fingerprint density at radius 1 is 1.20 bits per heavy atom. The van der Waals surface area contributed by atoms with Gasteiger partial charge in [0.05, 0.1) is 12.2 Å². The summed E-state index contributed by atoms with van der Waals surface area (Å²) in [7, 11) is 0. The zero-order chi connectivity index (χ0) is 14.8. The van der Waals surface area contributed by atoms with Crippen LogP contribution in [0.2, 0.25) is 0 Å². The summed E-state index contributed by atoms with van der Waals surface area (Å²) in [5.41, 5.74) is 0.666. The summed E-state index contributed by atoms with van der Waals surface area (Å²) >= 11 is 3.49. The number of hydrogen-bond acceptors (Lipinski definition) is 2. The monoisotopic (exact) mass is 334 g/mol. The molecule has 0 aliphatic rings.